The minimum Gasteiger partial charge on any atom is -0.315 e. The van der Waals surface area contributed by atoms with Crippen molar-refractivity contribution >= 4 is 11.3 Å². The lowest BCUT2D eigenvalue weighted by atomic mass is 9.98. The Bertz CT molecular complexity index is 447. The van der Waals surface area contributed by atoms with Crippen LogP contribution in [0.25, 0.3) is 0 Å². The van der Waals surface area contributed by atoms with Gasteiger partial charge in [0.15, 0.2) is 0 Å². The molecule has 0 amide bonds. The lowest BCUT2D eigenvalue weighted by molar-refractivity contribution is 0.249. The van der Waals surface area contributed by atoms with Gasteiger partial charge in [-0.05, 0) is 13.0 Å². The minimum atomic E-state index is -0.202. The second kappa shape index (κ2) is 6.00. The molecule has 19 heavy (non-hydrogen) atoms. The van der Waals surface area contributed by atoms with Gasteiger partial charge in [0.1, 0.15) is 6.04 Å². The molecule has 0 aromatic carbocycles. The van der Waals surface area contributed by atoms with Gasteiger partial charge in [-0.15, -0.1) is 11.3 Å². The Morgan fingerprint density at radius 3 is 2.84 bits per heavy atom. The summed E-state index contributed by atoms with van der Waals surface area (Å²) in [6.45, 7) is 10.4. The van der Waals surface area contributed by atoms with Crippen molar-refractivity contribution in [1.82, 2.24) is 15.2 Å². The molecule has 104 valence electrons. The van der Waals surface area contributed by atoms with E-state index in [-0.39, 0.29) is 11.5 Å². The van der Waals surface area contributed by atoms with Crippen LogP contribution in [0.15, 0.2) is 5.38 Å². The Labute approximate surface area is 119 Å². The molecule has 2 rings (SSSR count). The van der Waals surface area contributed by atoms with Gasteiger partial charge < -0.3 is 5.32 Å². The molecule has 5 heteroatoms. The third-order valence-electron chi connectivity index (χ3n) is 3.31. The first-order chi connectivity index (χ1) is 9.02. The molecular formula is C14H22N4S. The zero-order chi connectivity index (χ0) is 13.9. The van der Waals surface area contributed by atoms with Gasteiger partial charge in [0, 0.05) is 30.4 Å². The molecule has 4 nitrogen and oxygen atoms in total. The van der Waals surface area contributed by atoms with E-state index in [2.05, 4.69) is 37.1 Å². The molecule has 2 heterocycles. The Morgan fingerprint density at radius 1 is 1.42 bits per heavy atom. The molecule has 1 aromatic heterocycles. The molecule has 1 saturated heterocycles. The Hall–Kier alpha value is -0.960. The number of aromatic nitrogens is 1. The van der Waals surface area contributed by atoms with Gasteiger partial charge in [0.2, 0.25) is 0 Å². The summed E-state index contributed by atoms with van der Waals surface area (Å²) in [5, 5.41) is 16.0. The third kappa shape index (κ3) is 3.53. The topological polar surface area (TPSA) is 52.0 Å². The fourth-order valence-electron chi connectivity index (χ4n) is 2.22. The van der Waals surface area contributed by atoms with Crippen LogP contribution in [0.4, 0.5) is 0 Å². The lowest BCUT2D eigenvalue weighted by Gasteiger charge is -2.23. The lowest BCUT2D eigenvalue weighted by Crippen LogP contribution is -2.31. The highest BCUT2D eigenvalue weighted by atomic mass is 32.1. The van der Waals surface area contributed by atoms with E-state index in [0.29, 0.717) is 0 Å². The molecule has 1 aromatic rings. The molecule has 0 spiro atoms. The van der Waals surface area contributed by atoms with Crippen LogP contribution in [-0.2, 0) is 5.41 Å². The van der Waals surface area contributed by atoms with Crippen LogP contribution in [0.1, 0.15) is 43.9 Å². The first-order valence-corrected chi connectivity index (χ1v) is 7.70. The molecule has 1 atom stereocenters. The molecule has 0 aliphatic carbocycles. The summed E-state index contributed by atoms with van der Waals surface area (Å²) in [5.74, 6) is 0. The van der Waals surface area contributed by atoms with Crippen LogP contribution in [0.3, 0.4) is 0 Å². The molecule has 1 N–H and O–H groups in total. The molecular weight excluding hydrogens is 256 g/mol. The molecule has 1 aliphatic heterocycles. The Balaban J connectivity index is 2.17. The highest BCUT2D eigenvalue weighted by Crippen LogP contribution is 2.29. The first kappa shape index (κ1) is 14.4. The quantitative estimate of drug-likeness (QED) is 0.902. The largest absolute Gasteiger partial charge is 0.315 e. The molecule has 1 fully saturated rings. The fraction of sp³-hybridized carbons (Fsp3) is 0.714. The normalized spacial score (nSPS) is 19.7. The molecule has 0 bridgehead atoms. The van der Waals surface area contributed by atoms with E-state index in [4.69, 9.17) is 4.98 Å². The number of nitriles is 1. The smallest absolute Gasteiger partial charge is 0.141 e. The van der Waals surface area contributed by atoms with Crippen LogP contribution in [0.5, 0.6) is 0 Å². The van der Waals surface area contributed by atoms with Crippen molar-refractivity contribution in [3.8, 4) is 6.07 Å². The van der Waals surface area contributed by atoms with Crippen LogP contribution in [-0.4, -0.2) is 36.1 Å². The number of hydrogen-bond donors (Lipinski definition) is 1. The molecule has 1 aliphatic rings. The van der Waals surface area contributed by atoms with E-state index in [0.717, 1.165) is 43.3 Å². The predicted octanol–water partition coefficient (Wildman–Crippen LogP) is 2.30. The van der Waals surface area contributed by atoms with Gasteiger partial charge in [-0.1, -0.05) is 20.8 Å². The number of hydrogen-bond acceptors (Lipinski definition) is 5. The van der Waals surface area contributed by atoms with E-state index >= 15 is 0 Å². The minimum absolute atomic E-state index is 0.0588. The standard InChI is InChI=1S/C14H22N4S/c1-14(2,3)13-17-11(10-19-13)12(9-15)18-7-4-5-16-6-8-18/h10,12,16H,4-8H2,1-3H3. The van der Waals surface area contributed by atoms with Crippen molar-refractivity contribution in [2.45, 2.75) is 38.6 Å². The van der Waals surface area contributed by atoms with Crippen molar-refractivity contribution in [3.63, 3.8) is 0 Å². The number of nitrogens with one attached hydrogen (secondary N) is 1. The third-order valence-corrected chi connectivity index (χ3v) is 4.59. The highest BCUT2D eigenvalue weighted by molar-refractivity contribution is 7.09. The molecule has 0 radical (unpaired) electrons. The number of rotatable bonds is 2. The van der Waals surface area contributed by atoms with Crippen molar-refractivity contribution in [3.05, 3.63) is 16.1 Å². The zero-order valence-corrected chi connectivity index (χ0v) is 12.8. The van der Waals surface area contributed by atoms with Crippen LogP contribution in [0, 0.1) is 11.3 Å². The first-order valence-electron chi connectivity index (χ1n) is 6.82. The highest BCUT2D eigenvalue weighted by Gasteiger charge is 2.25. The molecule has 1 unspecified atom stereocenters. The zero-order valence-electron chi connectivity index (χ0n) is 11.9. The van der Waals surface area contributed by atoms with Gasteiger partial charge in [0.25, 0.3) is 0 Å². The van der Waals surface area contributed by atoms with Gasteiger partial charge in [-0.2, -0.15) is 5.26 Å². The van der Waals surface area contributed by atoms with Crippen LogP contribution < -0.4 is 5.32 Å². The maximum atomic E-state index is 9.49. The average molecular weight is 278 g/mol. The van der Waals surface area contributed by atoms with Crippen molar-refractivity contribution < 1.29 is 0 Å². The van der Waals surface area contributed by atoms with Gasteiger partial charge in [-0.25, -0.2) is 4.98 Å². The predicted molar refractivity (Wildman–Crippen MR) is 78.2 cm³/mol. The van der Waals surface area contributed by atoms with E-state index in [9.17, 15) is 5.26 Å². The SMILES string of the molecule is CC(C)(C)c1nc(C(C#N)N2CCCNCC2)cs1. The summed E-state index contributed by atoms with van der Waals surface area (Å²) < 4.78 is 0. The summed E-state index contributed by atoms with van der Waals surface area (Å²) >= 11 is 1.66. The number of nitrogens with zero attached hydrogens (tertiary/aromatic N) is 3. The van der Waals surface area contributed by atoms with E-state index in [1.165, 1.54) is 0 Å². The Kier molecular flexibility index (Phi) is 4.56. The summed E-state index contributed by atoms with van der Waals surface area (Å²) in [6.07, 6.45) is 1.09. The maximum Gasteiger partial charge on any atom is 0.141 e. The van der Waals surface area contributed by atoms with E-state index in [1.54, 1.807) is 11.3 Å². The van der Waals surface area contributed by atoms with Gasteiger partial charge >= 0.3 is 0 Å². The summed E-state index contributed by atoms with van der Waals surface area (Å²) in [4.78, 5) is 6.93. The van der Waals surface area contributed by atoms with Crippen LogP contribution >= 0.6 is 11.3 Å². The second-order valence-electron chi connectivity index (χ2n) is 6.00. The van der Waals surface area contributed by atoms with Crippen molar-refractivity contribution in [2.75, 3.05) is 26.2 Å². The average Bonchev–Trinajstić information content (AvgIpc) is 2.68. The van der Waals surface area contributed by atoms with E-state index < -0.39 is 0 Å². The monoisotopic (exact) mass is 278 g/mol. The van der Waals surface area contributed by atoms with E-state index in [1.807, 2.05) is 5.38 Å². The van der Waals surface area contributed by atoms with Crippen molar-refractivity contribution in [2.24, 2.45) is 0 Å². The van der Waals surface area contributed by atoms with Gasteiger partial charge in [0.05, 0.1) is 16.8 Å². The summed E-state index contributed by atoms with van der Waals surface area (Å²) in [5.41, 5.74) is 0.975. The van der Waals surface area contributed by atoms with Crippen molar-refractivity contribution in [1.29, 1.82) is 5.26 Å². The van der Waals surface area contributed by atoms with Crippen LogP contribution in [0.2, 0.25) is 0 Å². The maximum absolute atomic E-state index is 9.49. The Morgan fingerprint density at radius 2 is 2.21 bits per heavy atom. The molecule has 0 saturated carbocycles. The van der Waals surface area contributed by atoms with Gasteiger partial charge in [-0.3, -0.25) is 4.90 Å². The fourth-order valence-corrected chi connectivity index (χ4v) is 3.14. The summed E-state index contributed by atoms with van der Waals surface area (Å²) in [7, 11) is 0. The number of thiazole rings is 1. The summed E-state index contributed by atoms with van der Waals surface area (Å²) in [6, 6.07) is 2.22. The second-order valence-corrected chi connectivity index (χ2v) is 6.86.